The van der Waals surface area contributed by atoms with Gasteiger partial charge >= 0.3 is 0 Å². The molecule has 0 aliphatic carbocycles. The fourth-order valence-electron chi connectivity index (χ4n) is 1.42. The highest BCUT2D eigenvalue weighted by atomic mass is 35.5. The Kier molecular flexibility index (Phi) is 4.51. The molecule has 2 aromatic rings. The van der Waals surface area contributed by atoms with E-state index in [-0.39, 0.29) is 16.3 Å². The van der Waals surface area contributed by atoms with Gasteiger partial charge < -0.3 is 0 Å². The first kappa shape index (κ1) is 14.4. The molecule has 4 nitrogen and oxygen atoms in total. The Morgan fingerprint density at radius 2 is 2.11 bits per heavy atom. The van der Waals surface area contributed by atoms with Crippen molar-refractivity contribution >= 4 is 34.5 Å². The van der Waals surface area contributed by atoms with Crippen molar-refractivity contribution in [3.63, 3.8) is 0 Å². The second-order valence-corrected chi connectivity index (χ2v) is 5.10. The third kappa shape index (κ3) is 2.94. The Balaban J connectivity index is 2.47. The van der Waals surface area contributed by atoms with Crippen LogP contribution in [0.15, 0.2) is 11.5 Å². The van der Waals surface area contributed by atoms with Crippen molar-refractivity contribution in [3.05, 3.63) is 11.5 Å². The van der Waals surface area contributed by atoms with Gasteiger partial charge in [0.2, 0.25) is 6.30 Å². The molecule has 2 aromatic heterocycles. The minimum atomic E-state index is -3.15. The van der Waals surface area contributed by atoms with E-state index in [2.05, 4.69) is 15.0 Å². The van der Waals surface area contributed by atoms with Gasteiger partial charge in [-0.2, -0.15) is 0 Å². The fraction of sp³-hybridized carbons (Fsp3) is 0.500. The number of thioether (sulfide) groups is 1. The number of rotatable bonds is 5. The van der Waals surface area contributed by atoms with Crippen molar-refractivity contribution in [1.82, 2.24) is 19.5 Å². The topological polar surface area (TPSA) is 43.6 Å². The molecule has 2 rings (SSSR count). The molecule has 0 aromatic carbocycles. The number of alkyl halides is 3. The molecule has 1 atom stereocenters. The van der Waals surface area contributed by atoms with Crippen LogP contribution in [0.2, 0.25) is 5.15 Å². The summed E-state index contributed by atoms with van der Waals surface area (Å²) in [6, 6.07) is 0. The van der Waals surface area contributed by atoms with Gasteiger partial charge in [-0.25, -0.2) is 28.1 Å². The molecule has 0 fully saturated rings. The van der Waals surface area contributed by atoms with Crippen LogP contribution in [0, 0.1) is 0 Å². The molecule has 0 aliphatic heterocycles. The summed E-state index contributed by atoms with van der Waals surface area (Å²) >= 11 is 7.21. The SMILES string of the molecule is CCCSc1nc(Cl)c2ncn(C(F)C(F)F)c2n1. The van der Waals surface area contributed by atoms with Crippen LogP contribution in [0.3, 0.4) is 0 Å². The van der Waals surface area contributed by atoms with Gasteiger partial charge in [-0.1, -0.05) is 30.3 Å². The van der Waals surface area contributed by atoms with E-state index in [4.69, 9.17) is 11.6 Å². The molecular formula is C10H10ClF3N4S. The van der Waals surface area contributed by atoms with Crippen LogP contribution in [-0.4, -0.2) is 31.7 Å². The van der Waals surface area contributed by atoms with Gasteiger partial charge in [-0.05, 0) is 6.42 Å². The van der Waals surface area contributed by atoms with Gasteiger partial charge in [0.25, 0.3) is 6.43 Å². The normalized spacial score (nSPS) is 13.4. The number of nitrogens with zero attached hydrogens (tertiary/aromatic N) is 4. The van der Waals surface area contributed by atoms with E-state index < -0.39 is 12.7 Å². The van der Waals surface area contributed by atoms with Crippen LogP contribution >= 0.6 is 23.4 Å². The van der Waals surface area contributed by atoms with Crippen LogP contribution in [0.1, 0.15) is 19.6 Å². The first-order valence-electron chi connectivity index (χ1n) is 5.49. The van der Waals surface area contributed by atoms with Crippen LogP contribution in [0.5, 0.6) is 0 Å². The number of hydrogen-bond donors (Lipinski definition) is 0. The molecule has 0 aliphatic rings. The smallest absolute Gasteiger partial charge is 0.278 e. The molecular weight excluding hydrogens is 301 g/mol. The van der Waals surface area contributed by atoms with Crippen LogP contribution in [-0.2, 0) is 0 Å². The summed E-state index contributed by atoms with van der Waals surface area (Å²) in [5, 5.41) is 0.353. The zero-order valence-corrected chi connectivity index (χ0v) is 11.4. The Morgan fingerprint density at radius 3 is 2.74 bits per heavy atom. The van der Waals surface area contributed by atoms with Crippen LogP contribution < -0.4 is 0 Å². The number of aromatic nitrogens is 4. The second kappa shape index (κ2) is 5.96. The average molecular weight is 311 g/mol. The molecule has 0 radical (unpaired) electrons. The standard InChI is InChI=1S/C10H10ClF3N4S/c1-2-3-19-10-16-6(11)5-9(17-10)18(4-15-5)8(14)7(12)13/h4,7-8H,2-3H2,1H3. The van der Waals surface area contributed by atoms with Crippen molar-refractivity contribution in [3.8, 4) is 0 Å². The van der Waals surface area contributed by atoms with Crippen molar-refractivity contribution in [2.24, 2.45) is 0 Å². The van der Waals surface area contributed by atoms with Gasteiger partial charge in [0, 0.05) is 5.75 Å². The van der Waals surface area contributed by atoms with E-state index in [1.54, 1.807) is 0 Å². The number of hydrogen-bond acceptors (Lipinski definition) is 4. The van der Waals surface area contributed by atoms with Crippen molar-refractivity contribution in [2.45, 2.75) is 31.2 Å². The van der Waals surface area contributed by atoms with Gasteiger partial charge in [0.1, 0.15) is 5.52 Å². The summed E-state index contributed by atoms with van der Waals surface area (Å²) in [6.07, 6.45) is -3.81. The van der Waals surface area contributed by atoms with E-state index in [1.807, 2.05) is 6.92 Å². The summed E-state index contributed by atoms with van der Waals surface area (Å²) in [5.41, 5.74) is 0.0946. The minimum Gasteiger partial charge on any atom is -0.278 e. The monoisotopic (exact) mass is 310 g/mol. The Bertz CT molecular complexity index is 577. The first-order valence-corrected chi connectivity index (χ1v) is 6.86. The lowest BCUT2D eigenvalue weighted by Crippen LogP contribution is -2.12. The van der Waals surface area contributed by atoms with E-state index >= 15 is 0 Å². The van der Waals surface area contributed by atoms with Crippen molar-refractivity contribution in [1.29, 1.82) is 0 Å². The van der Waals surface area contributed by atoms with Gasteiger partial charge in [0.05, 0.1) is 6.33 Å². The highest BCUT2D eigenvalue weighted by molar-refractivity contribution is 7.99. The zero-order valence-electron chi connectivity index (χ0n) is 9.86. The average Bonchev–Trinajstić information content (AvgIpc) is 2.79. The summed E-state index contributed by atoms with van der Waals surface area (Å²) in [7, 11) is 0. The minimum absolute atomic E-state index is 0.0218. The van der Waals surface area contributed by atoms with Crippen molar-refractivity contribution in [2.75, 3.05) is 5.75 Å². The van der Waals surface area contributed by atoms with Crippen LogP contribution in [0.25, 0.3) is 11.2 Å². The highest BCUT2D eigenvalue weighted by Gasteiger charge is 2.25. The first-order chi connectivity index (χ1) is 9.04. The van der Waals surface area contributed by atoms with E-state index in [9.17, 15) is 13.2 Å². The molecule has 9 heteroatoms. The molecule has 0 N–H and O–H groups in total. The molecule has 0 saturated carbocycles. The summed E-state index contributed by atoms with van der Waals surface area (Å²) in [4.78, 5) is 11.8. The maximum Gasteiger partial charge on any atom is 0.288 e. The molecule has 0 saturated heterocycles. The Morgan fingerprint density at radius 1 is 1.37 bits per heavy atom. The van der Waals surface area contributed by atoms with Gasteiger partial charge in [-0.15, -0.1) is 0 Å². The number of fused-ring (bicyclic) bond motifs is 1. The molecule has 0 spiro atoms. The van der Waals surface area contributed by atoms with Crippen LogP contribution in [0.4, 0.5) is 13.2 Å². The lowest BCUT2D eigenvalue weighted by molar-refractivity contribution is 0.00995. The predicted molar refractivity (Wildman–Crippen MR) is 67.5 cm³/mol. The molecule has 0 bridgehead atoms. The molecule has 104 valence electrons. The highest BCUT2D eigenvalue weighted by Crippen LogP contribution is 2.27. The predicted octanol–water partition coefficient (Wildman–Crippen LogP) is 3.72. The second-order valence-electron chi connectivity index (χ2n) is 3.68. The molecule has 0 amide bonds. The Hall–Kier alpha value is -1.02. The largest absolute Gasteiger partial charge is 0.288 e. The van der Waals surface area contributed by atoms with E-state index in [0.29, 0.717) is 9.72 Å². The number of imidazole rings is 1. The lowest BCUT2D eigenvalue weighted by atomic mass is 10.5. The Labute approximate surface area is 116 Å². The maximum atomic E-state index is 13.4. The number of halogens is 4. The molecule has 19 heavy (non-hydrogen) atoms. The lowest BCUT2D eigenvalue weighted by Gasteiger charge is -2.09. The summed E-state index contributed by atoms with van der Waals surface area (Å²) < 4.78 is 38.9. The molecule has 2 heterocycles. The third-order valence-corrected chi connectivity index (χ3v) is 3.58. The quantitative estimate of drug-likeness (QED) is 0.479. The summed E-state index contributed by atoms with van der Waals surface area (Å²) in [5.74, 6) is 0.754. The van der Waals surface area contributed by atoms with Gasteiger partial charge in [-0.3, -0.25) is 4.57 Å². The maximum absolute atomic E-state index is 13.4. The van der Waals surface area contributed by atoms with Crippen molar-refractivity contribution < 1.29 is 13.2 Å². The molecule has 1 unspecified atom stereocenters. The third-order valence-electron chi connectivity index (χ3n) is 2.27. The summed E-state index contributed by atoms with van der Waals surface area (Å²) in [6.45, 7) is 1.98. The van der Waals surface area contributed by atoms with E-state index in [1.165, 1.54) is 11.8 Å². The zero-order chi connectivity index (χ0) is 14.0. The fourth-order valence-corrected chi connectivity index (χ4v) is 2.38. The van der Waals surface area contributed by atoms with Gasteiger partial charge in [0.15, 0.2) is 16.0 Å². The van der Waals surface area contributed by atoms with E-state index in [0.717, 1.165) is 18.5 Å².